The highest BCUT2D eigenvalue weighted by atomic mass is 35.5. The predicted molar refractivity (Wildman–Crippen MR) is 121 cm³/mol. The van der Waals surface area contributed by atoms with Gasteiger partial charge in [-0.2, -0.15) is 0 Å². The van der Waals surface area contributed by atoms with Crippen LogP contribution in [0.2, 0.25) is 10.0 Å². The van der Waals surface area contributed by atoms with Crippen molar-refractivity contribution in [2.45, 2.75) is 0 Å². The number of hydrogen-bond donors (Lipinski definition) is 0. The molecule has 0 aliphatic rings. The van der Waals surface area contributed by atoms with Gasteiger partial charge in [0.15, 0.2) is 5.58 Å². The van der Waals surface area contributed by atoms with Crippen molar-refractivity contribution in [3.05, 3.63) is 98.8 Å². The van der Waals surface area contributed by atoms with Crippen molar-refractivity contribution in [1.29, 1.82) is 0 Å². The van der Waals surface area contributed by atoms with Crippen LogP contribution < -0.4 is 5.63 Å². The van der Waals surface area contributed by atoms with Crippen LogP contribution in [0.3, 0.4) is 0 Å². The number of para-hydroxylation sites is 1. The highest BCUT2D eigenvalue weighted by molar-refractivity contribution is 6.31. The zero-order chi connectivity index (χ0) is 20.7. The Labute approximate surface area is 181 Å². The number of fused-ring (bicyclic) bond motifs is 3. The maximum atomic E-state index is 12.9. The first-order chi connectivity index (χ1) is 14.6. The Bertz CT molecular complexity index is 1460. The molecule has 0 saturated heterocycles. The first-order valence-corrected chi connectivity index (χ1v) is 9.90. The van der Waals surface area contributed by atoms with Gasteiger partial charge in [-0.15, -0.1) is 0 Å². The monoisotopic (exact) mass is 433 g/mol. The van der Waals surface area contributed by atoms with E-state index in [1.165, 1.54) is 0 Å². The summed E-state index contributed by atoms with van der Waals surface area (Å²) in [6, 6.07) is 21.7. The summed E-state index contributed by atoms with van der Waals surface area (Å²) in [6.07, 6.45) is 1.66. The van der Waals surface area contributed by atoms with Gasteiger partial charge in [0.1, 0.15) is 11.0 Å². The molecule has 3 aromatic carbocycles. The Kier molecular flexibility index (Phi) is 4.66. The highest BCUT2D eigenvalue weighted by Gasteiger charge is 2.22. The molecule has 0 bridgehead atoms. The molecule has 0 aliphatic carbocycles. The van der Waals surface area contributed by atoms with Gasteiger partial charge >= 0.3 is 5.63 Å². The molecule has 4 nitrogen and oxygen atoms in total. The molecular formula is C24H13Cl2NO3. The molecule has 0 aliphatic heterocycles. The average Bonchev–Trinajstić information content (AvgIpc) is 3.14. The lowest BCUT2D eigenvalue weighted by Crippen LogP contribution is -1.99. The fourth-order valence-electron chi connectivity index (χ4n) is 3.36. The standard InChI is InChI=1S/C24H13Cl2NO3/c25-16-9-5-14(6-10-16)13-27-23-20(15-7-11-17(26)12-8-15)21-22(30-23)18-3-1-2-4-19(18)29-24(21)28/h1-13H/b27-13+. The second-order valence-corrected chi connectivity index (χ2v) is 7.56. The number of halogens is 2. The summed E-state index contributed by atoms with van der Waals surface area (Å²) in [5.74, 6) is 0.311. The summed E-state index contributed by atoms with van der Waals surface area (Å²) in [5.41, 5.74) is 2.58. The minimum absolute atomic E-state index is 0.311. The van der Waals surface area contributed by atoms with Crippen LogP contribution in [0.5, 0.6) is 0 Å². The summed E-state index contributed by atoms with van der Waals surface area (Å²) in [6.45, 7) is 0. The van der Waals surface area contributed by atoms with Crippen LogP contribution in [0.1, 0.15) is 5.56 Å². The lowest BCUT2D eigenvalue weighted by Gasteiger charge is -2.01. The Morgan fingerprint density at radius 1 is 0.800 bits per heavy atom. The number of benzene rings is 3. The summed E-state index contributed by atoms with van der Waals surface area (Å²) >= 11 is 12.0. The van der Waals surface area contributed by atoms with Gasteiger partial charge < -0.3 is 8.83 Å². The molecule has 0 spiro atoms. The highest BCUT2D eigenvalue weighted by Crippen LogP contribution is 2.41. The minimum atomic E-state index is -0.481. The molecule has 2 aromatic heterocycles. The fraction of sp³-hybridized carbons (Fsp3) is 0. The van der Waals surface area contributed by atoms with Crippen molar-refractivity contribution in [3.63, 3.8) is 0 Å². The smallest absolute Gasteiger partial charge is 0.348 e. The predicted octanol–water partition coefficient (Wildman–Crippen LogP) is 7.26. The van der Waals surface area contributed by atoms with Gasteiger partial charge in [0.25, 0.3) is 0 Å². The lowest BCUT2D eigenvalue weighted by molar-refractivity contribution is 0.565. The van der Waals surface area contributed by atoms with Crippen LogP contribution in [0.25, 0.3) is 33.1 Å². The van der Waals surface area contributed by atoms with E-state index >= 15 is 0 Å². The van der Waals surface area contributed by atoms with Crippen molar-refractivity contribution >= 4 is 57.2 Å². The number of rotatable bonds is 3. The number of aliphatic imine (C=N–C) groups is 1. The van der Waals surface area contributed by atoms with Gasteiger partial charge in [-0.1, -0.05) is 59.6 Å². The third kappa shape index (κ3) is 3.30. The van der Waals surface area contributed by atoms with Gasteiger partial charge in [0.2, 0.25) is 5.88 Å². The molecule has 5 aromatic rings. The molecule has 0 N–H and O–H groups in total. The van der Waals surface area contributed by atoms with Crippen LogP contribution in [0, 0.1) is 0 Å². The number of furan rings is 1. The zero-order valence-electron chi connectivity index (χ0n) is 15.4. The van der Waals surface area contributed by atoms with E-state index in [2.05, 4.69) is 4.99 Å². The average molecular weight is 434 g/mol. The Morgan fingerprint density at radius 2 is 1.47 bits per heavy atom. The second-order valence-electron chi connectivity index (χ2n) is 6.69. The van der Waals surface area contributed by atoms with E-state index in [4.69, 9.17) is 32.0 Å². The van der Waals surface area contributed by atoms with Crippen molar-refractivity contribution in [1.82, 2.24) is 0 Å². The second kappa shape index (κ2) is 7.48. The molecule has 146 valence electrons. The third-order valence-corrected chi connectivity index (χ3v) is 5.27. The Hall–Kier alpha value is -3.34. The van der Waals surface area contributed by atoms with Crippen LogP contribution >= 0.6 is 23.2 Å². The minimum Gasteiger partial charge on any atom is -0.437 e. The van der Waals surface area contributed by atoms with Gasteiger partial charge in [-0.25, -0.2) is 9.79 Å². The molecular weight excluding hydrogens is 421 g/mol. The lowest BCUT2D eigenvalue weighted by atomic mass is 10.0. The maximum absolute atomic E-state index is 12.9. The molecule has 0 atom stereocenters. The van der Waals surface area contributed by atoms with Crippen LogP contribution in [0.4, 0.5) is 5.88 Å². The van der Waals surface area contributed by atoms with Crippen molar-refractivity contribution in [2.24, 2.45) is 4.99 Å². The normalized spacial score (nSPS) is 11.7. The molecule has 6 heteroatoms. The van der Waals surface area contributed by atoms with Gasteiger partial charge in [-0.3, -0.25) is 0 Å². The summed E-state index contributed by atoms with van der Waals surface area (Å²) in [4.78, 5) is 17.4. The van der Waals surface area contributed by atoms with E-state index in [0.29, 0.717) is 43.4 Å². The van der Waals surface area contributed by atoms with E-state index < -0.39 is 5.63 Å². The Balaban J connectivity index is 1.80. The van der Waals surface area contributed by atoms with Crippen molar-refractivity contribution in [3.8, 4) is 11.1 Å². The van der Waals surface area contributed by atoms with Gasteiger partial charge in [0, 0.05) is 16.3 Å². The van der Waals surface area contributed by atoms with Crippen LogP contribution in [-0.4, -0.2) is 6.21 Å². The van der Waals surface area contributed by atoms with Crippen molar-refractivity contribution < 1.29 is 8.83 Å². The summed E-state index contributed by atoms with van der Waals surface area (Å²) in [5, 5.41) is 2.28. The summed E-state index contributed by atoms with van der Waals surface area (Å²) in [7, 11) is 0. The molecule has 5 rings (SSSR count). The fourth-order valence-corrected chi connectivity index (χ4v) is 3.61. The molecule has 30 heavy (non-hydrogen) atoms. The number of nitrogens with zero attached hydrogens (tertiary/aromatic N) is 1. The molecule has 0 unspecified atom stereocenters. The first kappa shape index (κ1) is 18.7. The maximum Gasteiger partial charge on any atom is 0.348 e. The van der Waals surface area contributed by atoms with E-state index in [-0.39, 0.29) is 0 Å². The van der Waals surface area contributed by atoms with Crippen molar-refractivity contribution in [2.75, 3.05) is 0 Å². The zero-order valence-corrected chi connectivity index (χ0v) is 16.9. The molecule has 2 heterocycles. The third-order valence-electron chi connectivity index (χ3n) is 4.76. The quantitative estimate of drug-likeness (QED) is 0.222. The van der Waals surface area contributed by atoms with E-state index in [9.17, 15) is 4.79 Å². The van der Waals surface area contributed by atoms with E-state index in [0.717, 1.165) is 11.1 Å². The molecule has 0 radical (unpaired) electrons. The SMILES string of the molecule is O=c1oc2ccccc2c2oc(/N=C/c3ccc(Cl)cc3)c(-c3ccc(Cl)cc3)c12. The van der Waals surface area contributed by atoms with E-state index in [1.807, 2.05) is 36.4 Å². The molecule has 0 fully saturated rings. The topological polar surface area (TPSA) is 55.7 Å². The van der Waals surface area contributed by atoms with Crippen LogP contribution in [-0.2, 0) is 0 Å². The van der Waals surface area contributed by atoms with Gasteiger partial charge in [-0.05, 0) is 47.5 Å². The largest absolute Gasteiger partial charge is 0.437 e. The van der Waals surface area contributed by atoms with Gasteiger partial charge in [0.05, 0.1) is 10.9 Å². The van der Waals surface area contributed by atoms with Crippen LogP contribution in [0.15, 0.2) is 91.4 Å². The van der Waals surface area contributed by atoms with E-state index in [1.54, 1.807) is 42.6 Å². The first-order valence-electron chi connectivity index (χ1n) is 9.14. The Morgan fingerprint density at radius 3 is 2.20 bits per heavy atom. The number of hydrogen-bond acceptors (Lipinski definition) is 4. The molecule has 0 saturated carbocycles. The summed E-state index contributed by atoms with van der Waals surface area (Å²) < 4.78 is 11.6. The molecule has 0 amide bonds.